The number of fused-ring (bicyclic) bond motifs is 1. The maximum atomic E-state index is 9.03. The van der Waals surface area contributed by atoms with Crippen LogP contribution in [0.1, 0.15) is 36.6 Å². The quantitative estimate of drug-likeness (QED) is 0.819. The molecule has 1 aromatic heterocycles. The number of aromatic nitrogens is 2. The zero-order valence-corrected chi connectivity index (χ0v) is 10.2. The summed E-state index contributed by atoms with van der Waals surface area (Å²) < 4.78 is 0. The van der Waals surface area contributed by atoms with E-state index in [1.54, 1.807) is 0 Å². The number of aromatic amines is 1. The molecule has 0 aliphatic rings. The van der Waals surface area contributed by atoms with Crippen molar-refractivity contribution in [3.8, 4) is 6.07 Å². The van der Waals surface area contributed by atoms with E-state index < -0.39 is 0 Å². The third-order valence-electron chi connectivity index (χ3n) is 2.78. The van der Waals surface area contributed by atoms with Crippen molar-refractivity contribution in [2.45, 2.75) is 26.7 Å². The summed E-state index contributed by atoms with van der Waals surface area (Å²) in [6.45, 7) is 6.16. The van der Waals surface area contributed by atoms with Crippen LogP contribution in [-0.2, 0) is 0 Å². The maximum absolute atomic E-state index is 9.03. The van der Waals surface area contributed by atoms with Gasteiger partial charge in [-0.1, -0.05) is 25.4 Å². The summed E-state index contributed by atoms with van der Waals surface area (Å²) in [6.07, 6.45) is 0. The lowest BCUT2D eigenvalue weighted by Gasteiger charge is -2.12. The van der Waals surface area contributed by atoms with Gasteiger partial charge in [0.15, 0.2) is 5.69 Å². The molecule has 0 unspecified atom stereocenters. The van der Waals surface area contributed by atoms with Crippen molar-refractivity contribution in [1.82, 2.24) is 10.2 Å². The predicted molar refractivity (Wildman–Crippen MR) is 64.6 cm³/mol. The van der Waals surface area contributed by atoms with Crippen molar-refractivity contribution in [3.05, 3.63) is 27.9 Å². The lowest BCUT2D eigenvalue weighted by molar-refractivity contribution is 0.866. The molecule has 0 saturated heterocycles. The smallest absolute Gasteiger partial charge is 0.170 e. The summed E-state index contributed by atoms with van der Waals surface area (Å²) in [4.78, 5) is 0. The number of hydrogen-bond donors (Lipinski definition) is 1. The lowest BCUT2D eigenvalue weighted by atomic mass is 9.93. The fourth-order valence-corrected chi connectivity index (χ4v) is 2.30. The minimum Gasteiger partial charge on any atom is -0.276 e. The second-order valence-electron chi connectivity index (χ2n) is 4.16. The standard InChI is InChI=1S/C12H12ClN3/c1-6(2)11-7(3)8(13)4-9-12(11)10(5-14)16-15-9/h4,6H,1-3H3,(H,15,16). The molecule has 3 nitrogen and oxygen atoms in total. The molecule has 1 heterocycles. The van der Waals surface area contributed by atoms with Crippen LogP contribution < -0.4 is 0 Å². The highest BCUT2D eigenvalue weighted by atomic mass is 35.5. The summed E-state index contributed by atoms with van der Waals surface area (Å²) in [7, 11) is 0. The second-order valence-corrected chi connectivity index (χ2v) is 4.57. The number of halogens is 1. The molecule has 4 heteroatoms. The van der Waals surface area contributed by atoms with Crippen molar-refractivity contribution in [3.63, 3.8) is 0 Å². The van der Waals surface area contributed by atoms with Crippen LogP contribution in [0.3, 0.4) is 0 Å². The molecular formula is C12H12ClN3. The van der Waals surface area contributed by atoms with Gasteiger partial charge in [-0.3, -0.25) is 5.10 Å². The Morgan fingerprint density at radius 1 is 1.50 bits per heavy atom. The van der Waals surface area contributed by atoms with Crippen molar-refractivity contribution < 1.29 is 0 Å². The van der Waals surface area contributed by atoms with E-state index in [9.17, 15) is 0 Å². The van der Waals surface area contributed by atoms with E-state index in [0.29, 0.717) is 16.6 Å². The van der Waals surface area contributed by atoms with Gasteiger partial charge in [0.05, 0.1) is 5.52 Å². The average molecular weight is 234 g/mol. The molecule has 2 rings (SSSR count). The van der Waals surface area contributed by atoms with Gasteiger partial charge in [0.1, 0.15) is 6.07 Å². The molecule has 2 aromatic rings. The van der Waals surface area contributed by atoms with E-state index in [4.69, 9.17) is 16.9 Å². The van der Waals surface area contributed by atoms with E-state index in [1.807, 2.05) is 13.0 Å². The molecular weight excluding hydrogens is 222 g/mol. The first-order valence-corrected chi connectivity index (χ1v) is 5.51. The number of nitrogens with zero attached hydrogens (tertiary/aromatic N) is 2. The van der Waals surface area contributed by atoms with E-state index in [0.717, 1.165) is 22.0 Å². The first-order chi connectivity index (χ1) is 7.56. The Morgan fingerprint density at radius 3 is 2.75 bits per heavy atom. The average Bonchev–Trinajstić information content (AvgIpc) is 2.61. The van der Waals surface area contributed by atoms with E-state index >= 15 is 0 Å². The molecule has 0 radical (unpaired) electrons. The Hall–Kier alpha value is -1.53. The van der Waals surface area contributed by atoms with Gasteiger partial charge in [0.25, 0.3) is 0 Å². The summed E-state index contributed by atoms with van der Waals surface area (Å²) in [5, 5.41) is 17.5. The summed E-state index contributed by atoms with van der Waals surface area (Å²) >= 11 is 6.16. The Labute approximate surface area is 99.0 Å². The molecule has 0 fully saturated rings. The highest BCUT2D eigenvalue weighted by Crippen LogP contribution is 2.34. The van der Waals surface area contributed by atoms with E-state index in [-0.39, 0.29) is 0 Å². The molecule has 0 spiro atoms. The molecule has 82 valence electrons. The van der Waals surface area contributed by atoms with Gasteiger partial charge in [0, 0.05) is 10.4 Å². The lowest BCUT2D eigenvalue weighted by Crippen LogP contribution is -1.95. The molecule has 0 aliphatic heterocycles. The minimum atomic E-state index is 0.311. The van der Waals surface area contributed by atoms with Crippen LogP contribution in [0, 0.1) is 18.3 Å². The number of H-pyrrole nitrogens is 1. The van der Waals surface area contributed by atoms with Crippen LogP contribution in [0.15, 0.2) is 6.07 Å². The van der Waals surface area contributed by atoms with Crippen LogP contribution in [0.25, 0.3) is 10.9 Å². The van der Waals surface area contributed by atoms with E-state index in [1.165, 1.54) is 0 Å². The van der Waals surface area contributed by atoms with Gasteiger partial charge in [-0.15, -0.1) is 0 Å². The SMILES string of the molecule is Cc1c(Cl)cc2[nH]nc(C#N)c2c1C(C)C. The Balaban J connectivity index is 2.96. The second kappa shape index (κ2) is 3.80. The molecule has 1 N–H and O–H groups in total. The first kappa shape index (κ1) is 11.0. The fraction of sp³-hybridized carbons (Fsp3) is 0.333. The fourth-order valence-electron chi connectivity index (χ4n) is 2.09. The minimum absolute atomic E-state index is 0.311. The summed E-state index contributed by atoms with van der Waals surface area (Å²) in [5.74, 6) is 0.311. The predicted octanol–water partition coefficient (Wildman–Crippen LogP) is 3.52. The van der Waals surface area contributed by atoms with E-state index in [2.05, 4.69) is 30.1 Å². The van der Waals surface area contributed by atoms with Crippen LogP contribution >= 0.6 is 11.6 Å². The van der Waals surface area contributed by atoms with Gasteiger partial charge in [-0.05, 0) is 30.0 Å². The van der Waals surface area contributed by atoms with Gasteiger partial charge < -0.3 is 0 Å². The van der Waals surface area contributed by atoms with Crippen molar-refractivity contribution >= 4 is 22.5 Å². The van der Waals surface area contributed by atoms with Crippen molar-refractivity contribution in [2.24, 2.45) is 0 Å². The molecule has 0 saturated carbocycles. The number of rotatable bonds is 1. The monoisotopic (exact) mass is 233 g/mol. The Bertz CT molecular complexity index is 590. The molecule has 16 heavy (non-hydrogen) atoms. The number of benzene rings is 1. The van der Waals surface area contributed by atoms with Gasteiger partial charge in [-0.2, -0.15) is 10.4 Å². The summed E-state index contributed by atoms with van der Waals surface area (Å²) in [5.41, 5.74) is 3.41. The number of nitriles is 1. The molecule has 1 aromatic carbocycles. The highest BCUT2D eigenvalue weighted by molar-refractivity contribution is 6.32. The Morgan fingerprint density at radius 2 is 2.19 bits per heavy atom. The molecule has 0 aliphatic carbocycles. The number of hydrogen-bond acceptors (Lipinski definition) is 2. The summed E-state index contributed by atoms with van der Waals surface area (Å²) in [6, 6.07) is 3.93. The topological polar surface area (TPSA) is 52.5 Å². The normalized spacial score (nSPS) is 11.0. The van der Waals surface area contributed by atoms with Crippen LogP contribution in [0.5, 0.6) is 0 Å². The van der Waals surface area contributed by atoms with Gasteiger partial charge >= 0.3 is 0 Å². The highest BCUT2D eigenvalue weighted by Gasteiger charge is 2.17. The van der Waals surface area contributed by atoms with Crippen LogP contribution in [-0.4, -0.2) is 10.2 Å². The molecule has 0 atom stereocenters. The van der Waals surface area contributed by atoms with Crippen LogP contribution in [0.4, 0.5) is 0 Å². The zero-order chi connectivity index (χ0) is 11.9. The third kappa shape index (κ3) is 1.46. The maximum Gasteiger partial charge on any atom is 0.170 e. The van der Waals surface area contributed by atoms with Crippen LogP contribution in [0.2, 0.25) is 5.02 Å². The third-order valence-corrected chi connectivity index (χ3v) is 3.17. The molecule has 0 amide bonds. The zero-order valence-electron chi connectivity index (χ0n) is 9.43. The Kier molecular flexibility index (Phi) is 2.61. The van der Waals surface area contributed by atoms with Crippen molar-refractivity contribution in [2.75, 3.05) is 0 Å². The van der Waals surface area contributed by atoms with Crippen molar-refractivity contribution in [1.29, 1.82) is 5.26 Å². The van der Waals surface area contributed by atoms with Gasteiger partial charge in [0.2, 0.25) is 0 Å². The molecule has 0 bridgehead atoms. The number of nitrogens with one attached hydrogen (secondary N) is 1. The largest absolute Gasteiger partial charge is 0.276 e. The van der Waals surface area contributed by atoms with Gasteiger partial charge in [-0.25, -0.2) is 0 Å². The first-order valence-electron chi connectivity index (χ1n) is 5.13.